The van der Waals surface area contributed by atoms with Crippen molar-refractivity contribution >= 4 is 15.7 Å². The Bertz CT molecular complexity index is 554. The first-order valence-corrected chi connectivity index (χ1v) is 7.90. The van der Waals surface area contributed by atoms with Gasteiger partial charge in [-0.25, -0.2) is 8.42 Å². The lowest BCUT2D eigenvalue weighted by Gasteiger charge is -2.25. The second kappa shape index (κ2) is 6.06. The van der Waals surface area contributed by atoms with E-state index >= 15 is 0 Å². The molecule has 1 aromatic rings. The number of amides is 1. The molecule has 19 heavy (non-hydrogen) atoms. The Morgan fingerprint density at radius 3 is 2.47 bits per heavy atom. The normalized spacial score (nSPS) is 12.8. The van der Waals surface area contributed by atoms with Crippen LogP contribution in [0.2, 0.25) is 0 Å². The molecule has 0 bridgehead atoms. The highest BCUT2D eigenvalue weighted by Gasteiger charge is 2.22. The van der Waals surface area contributed by atoms with Crippen molar-refractivity contribution in [2.45, 2.75) is 13.0 Å². The molecule has 0 aliphatic carbocycles. The molecule has 0 N–H and O–H groups in total. The number of ether oxygens (including phenoxy) is 1. The van der Waals surface area contributed by atoms with Gasteiger partial charge < -0.3 is 9.64 Å². The molecule has 0 unspecified atom stereocenters. The van der Waals surface area contributed by atoms with Crippen LogP contribution in [0.3, 0.4) is 0 Å². The van der Waals surface area contributed by atoms with E-state index in [0.29, 0.717) is 11.3 Å². The highest BCUT2D eigenvalue weighted by molar-refractivity contribution is 7.90. The summed E-state index contributed by atoms with van der Waals surface area (Å²) in [4.78, 5) is 13.7. The minimum absolute atomic E-state index is 0.0651. The molecule has 0 aliphatic rings. The molecule has 6 heteroatoms. The van der Waals surface area contributed by atoms with Gasteiger partial charge in [0.25, 0.3) is 5.91 Å². The molecule has 1 aromatic carbocycles. The summed E-state index contributed by atoms with van der Waals surface area (Å²) in [5.74, 6) is 0.157. The van der Waals surface area contributed by atoms with E-state index in [9.17, 15) is 13.2 Å². The molecule has 1 amide bonds. The number of nitrogens with zero attached hydrogens (tertiary/aromatic N) is 1. The van der Waals surface area contributed by atoms with E-state index in [-0.39, 0.29) is 11.7 Å². The van der Waals surface area contributed by atoms with Gasteiger partial charge in [-0.2, -0.15) is 0 Å². The van der Waals surface area contributed by atoms with Gasteiger partial charge in [0, 0.05) is 19.3 Å². The van der Waals surface area contributed by atoms with Crippen LogP contribution in [0.15, 0.2) is 24.3 Å². The molecule has 0 aliphatic heterocycles. The van der Waals surface area contributed by atoms with Gasteiger partial charge in [0.05, 0.1) is 18.4 Å². The van der Waals surface area contributed by atoms with Crippen LogP contribution in [0.5, 0.6) is 5.75 Å². The summed E-state index contributed by atoms with van der Waals surface area (Å²) in [7, 11) is -0.0449. The molecule has 0 heterocycles. The Labute approximate surface area is 114 Å². The van der Waals surface area contributed by atoms with Crippen LogP contribution in [0.25, 0.3) is 0 Å². The third kappa shape index (κ3) is 4.24. The summed E-state index contributed by atoms with van der Waals surface area (Å²) in [6.45, 7) is 1.70. The van der Waals surface area contributed by atoms with Gasteiger partial charge in [0.15, 0.2) is 0 Å². The predicted molar refractivity (Wildman–Crippen MR) is 74.3 cm³/mol. The van der Waals surface area contributed by atoms with E-state index in [1.165, 1.54) is 12.0 Å². The number of carbonyl (C=O) groups is 1. The maximum absolute atomic E-state index is 12.3. The molecule has 0 radical (unpaired) electrons. The SMILES string of the molecule is COc1ccccc1C(=O)N(C)[C@@H](C)CS(C)(=O)=O. The number of methoxy groups -OCH3 is 1. The first-order valence-electron chi connectivity index (χ1n) is 5.84. The molecule has 0 saturated heterocycles. The largest absolute Gasteiger partial charge is 0.496 e. The van der Waals surface area contributed by atoms with E-state index in [1.807, 2.05) is 0 Å². The highest BCUT2D eigenvalue weighted by atomic mass is 32.2. The Morgan fingerprint density at radius 1 is 1.37 bits per heavy atom. The van der Waals surface area contributed by atoms with Crippen molar-refractivity contribution in [2.24, 2.45) is 0 Å². The molecule has 106 valence electrons. The van der Waals surface area contributed by atoms with Crippen LogP contribution >= 0.6 is 0 Å². The number of carbonyl (C=O) groups excluding carboxylic acids is 1. The molecular formula is C13H19NO4S. The fourth-order valence-electron chi connectivity index (χ4n) is 1.76. The van der Waals surface area contributed by atoms with Gasteiger partial charge in [0.1, 0.15) is 15.6 Å². The average molecular weight is 285 g/mol. The number of hydrogen-bond acceptors (Lipinski definition) is 4. The number of sulfone groups is 1. The zero-order chi connectivity index (χ0) is 14.6. The Hall–Kier alpha value is -1.56. The molecular weight excluding hydrogens is 266 g/mol. The fraction of sp³-hybridized carbons (Fsp3) is 0.462. The van der Waals surface area contributed by atoms with Crippen LogP contribution in [-0.4, -0.2) is 51.4 Å². The summed E-state index contributed by atoms with van der Waals surface area (Å²) in [5, 5.41) is 0. The van der Waals surface area contributed by atoms with Crippen LogP contribution < -0.4 is 4.74 Å². The van der Waals surface area contributed by atoms with Gasteiger partial charge in [-0.3, -0.25) is 4.79 Å². The Morgan fingerprint density at radius 2 is 1.95 bits per heavy atom. The zero-order valence-corrected chi connectivity index (χ0v) is 12.4. The fourth-order valence-corrected chi connectivity index (χ4v) is 2.86. The van der Waals surface area contributed by atoms with Crippen molar-refractivity contribution in [3.63, 3.8) is 0 Å². The van der Waals surface area contributed by atoms with E-state index in [0.717, 1.165) is 6.26 Å². The molecule has 5 nitrogen and oxygen atoms in total. The standard InChI is InChI=1S/C13H19NO4S/c1-10(9-19(4,16)17)14(2)13(15)11-7-5-6-8-12(11)18-3/h5-8,10H,9H2,1-4H3/t10-/m0/s1. The summed E-state index contributed by atoms with van der Waals surface area (Å²) in [5.41, 5.74) is 0.424. The van der Waals surface area contributed by atoms with E-state index in [2.05, 4.69) is 0 Å². The van der Waals surface area contributed by atoms with Crippen LogP contribution in [-0.2, 0) is 9.84 Å². The van der Waals surface area contributed by atoms with Gasteiger partial charge in [0.2, 0.25) is 0 Å². The summed E-state index contributed by atoms with van der Waals surface area (Å²) < 4.78 is 27.7. The lowest BCUT2D eigenvalue weighted by Crippen LogP contribution is -2.39. The zero-order valence-electron chi connectivity index (χ0n) is 11.6. The number of para-hydroxylation sites is 1. The van der Waals surface area contributed by atoms with Gasteiger partial charge in [-0.05, 0) is 19.1 Å². The molecule has 0 fully saturated rings. The first-order chi connectivity index (χ1) is 8.76. The third-order valence-corrected chi connectivity index (χ3v) is 3.95. The van der Waals surface area contributed by atoms with E-state index in [4.69, 9.17) is 4.74 Å². The summed E-state index contributed by atoms with van der Waals surface area (Å²) >= 11 is 0. The van der Waals surface area contributed by atoms with E-state index in [1.54, 1.807) is 38.2 Å². The summed E-state index contributed by atoms with van der Waals surface area (Å²) in [6.07, 6.45) is 1.16. The molecule has 0 saturated carbocycles. The second-order valence-electron chi connectivity index (χ2n) is 4.56. The Balaban J connectivity index is 2.93. The monoisotopic (exact) mass is 285 g/mol. The Kier molecular flexibility index (Phi) is 4.94. The maximum Gasteiger partial charge on any atom is 0.257 e. The molecule has 0 aromatic heterocycles. The van der Waals surface area contributed by atoms with Crippen molar-refractivity contribution in [1.82, 2.24) is 4.90 Å². The lowest BCUT2D eigenvalue weighted by atomic mass is 10.1. The predicted octanol–water partition coefficient (Wildman–Crippen LogP) is 1.20. The van der Waals surface area contributed by atoms with Crippen LogP contribution in [0, 0.1) is 0 Å². The topological polar surface area (TPSA) is 63.7 Å². The van der Waals surface area contributed by atoms with Crippen molar-refractivity contribution in [2.75, 3.05) is 26.2 Å². The molecule has 0 spiro atoms. The quantitative estimate of drug-likeness (QED) is 0.815. The number of rotatable bonds is 5. The average Bonchev–Trinajstić information content (AvgIpc) is 2.34. The van der Waals surface area contributed by atoms with Crippen LogP contribution in [0.4, 0.5) is 0 Å². The third-order valence-electron chi connectivity index (χ3n) is 2.86. The van der Waals surface area contributed by atoms with E-state index < -0.39 is 15.9 Å². The van der Waals surface area contributed by atoms with Gasteiger partial charge in [-0.1, -0.05) is 12.1 Å². The summed E-state index contributed by atoms with van der Waals surface area (Å²) in [6, 6.07) is 6.47. The molecule has 1 rings (SSSR count). The van der Waals surface area contributed by atoms with Crippen molar-refractivity contribution < 1.29 is 17.9 Å². The van der Waals surface area contributed by atoms with Crippen molar-refractivity contribution in [3.05, 3.63) is 29.8 Å². The van der Waals surface area contributed by atoms with Crippen molar-refractivity contribution in [3.8, 4) is 5.75 Å². The minimum atomic E-state index is -3.12. The second-order valence-corrected chi connectivity index (χ2v) is 6.74. The first kappa shape index (κ1) is 15.5. The van der Waals surface area contributed by atoms with Gasteiger partial charge in [-0.15, -0.1) is 0 Å². The maximum atomic E-state index is 12.3. The smallest absolute Gasteiger partial charge is 0.257 e. The highest BCUT2D eigenvalue weighted by Crippen LogP contribution is 2.19. The molecule has 1 atom stereocenters. The van der Waals surface area contributed by atoms with Gasteiger partial charge >= 0.3 is 0 Å². The number of hydrogen-bond donors (Lipinski definition) is 0. The van der Waals surface area contributed by atoms with Crippen molar-refractivity contribution in [1.29, 1.82) is 0 Å². The van der Waals surface area contributed by atoms with Crippen LogP contribution in [0.1, 0.15) is 17.3 Å². The number of benzene rings is 1. The minimum Gasteiger partial charge on any atom is -0.496 e. The lowest BCUT2D eigenvalue weighted by molar-refractivity contribution is 0.0753.